The highest BCUT2D eigenvalue weighted by atomic mass is 79.9. The fourth-order valence-corrected chi connectivity index (χ4v) is 5.27. The summed E-state index contributed by atoms with van der Waals surface area (Å²) in [6.45, 7) is 0. The van der Waals surface area contributed by atoms with Gasteiger partial charge < -0.3 is 4.74 Å². The van der Waals surface area contributed by atoms with Crippen LogP contribution in [0.2, 0.25) is 0 Å². The van der Waals surface area contributed by atoms with Crippen molar-refractivity contribution in [1.82, 2.24) is 0 Å². The van der Waals surface area contributed by atoms with Crippen LogP contribution in [0.1, 0.15) is 6.42 Å². The van der Waals surface area contributed by atoms with E-state index in [1.165, 1.54) is 0 Å². The van der Waals surface area contributed by atoms with Gasteiger partial charge in [-0.05, 0) is 79.6 Å². The number of hydrogen-bond acceptors (Lipinski definition) is 2. The largest absolute Gasteiger partial charge is 0.423 e. The van der Waals surface area contributed by atoms with E-state index in [1.54, 1.807) is 0 Å². The van der Waals surface area contributed by atoms with Crippen LogP contribution in [0.4, 0.5) is 0 Å². The van der Waals surface area contributed by atoms with Crippen LogP contribution < -0.4 is 4.74 Å². The molecule has 0 aliphatic heterocycles. The molecule has 11 heteroatoms. The number of carbonyl (C=O) groups is 1. The van der Waals surface area contributed by atoms with Gasteiger partial charge in [-0.15, -0.1) is 11.6 Å². The van der Waals surface area contributed by atoms with E-state index >= 15 is 0 Å². The Morgan fingerprint density at radius 1 is 0.952 bits per heavy atom. The Balaban J connectivity index is 3.07. The lowest BCUT2D eigenvalue weighted by Crippen LogP contribution is -2.25. The molecule has 118 valence electrons. The Labute approximate surface area is 183 Å². The minimum Gasteiger partial charge on any atom is -0.423 e. The van der Waals surface area contributed by atoms with Crippen LogP contribution in [0.5, 0.6) is 5.75 Å². The molecule has 0 spiro atoms. The number of esters is 1. The van der Waals surface area contributed by atoms with Crippen LogP contribution in [0.3, 0.4) is 0 Å². The minimum atomic E-state index is -1.64. The first kappa shape index (κ1) is 21.3. The van der Waals surface area contributed by atoms with E-state index in [1.807, 2.05) is 0 Å². The van der Waals surface area contributed by atoms with E-state index in [0.29, 0.717) is 17.9 Å². The Hall–Kier alpha value is 2.25. The molecular formula is C10H3Br5Cl4O2. The zero-order valence-electron chi connectivity index (χ0n) is 9.50. The molecule has 0 saturated heterocycles. The predicted molar refractivity (Wildman–Crippen MR) is 105 cm³/mol. The molecular weight excluding hydrogens is 693 g/mol. The topological polar surface area (TPSA) is 26.3 Å². The molecule has 1 rings (SSSR count). The summed E-state index contributed by atoms with van der Waals surface area (Å²) in [7, 11) is 0. The summed E-state index contributed by atoms with van der Waals surface area (Å²) in [6.07, 6.45) is -0.174. The van der Waals surface area contributed by atoms with Crippen LogP contribution in [0.25, 0.3) is 0 Å². The molecule has 0 N–H and O–H groups in total. The van der Waals surface area contributed by atoms with E-state index in [4.69, 9.17) is 51.1 Å². The van der Waals surface area contributed by atoms with Gasteiger partial charge in [-0.25, -0.2) is 0 Å². The van der Waals surface area contributed by atoms with Crippen LogP contribution >= 0.6 is 126 Å². The van der Waals surface area contributed by atoms with Crippen molar-refractivity contribution in [3.8, 4) is 5.75 Å². The third-order valence-electron chi connectivity index (χ3n) is 2.04. The lowest BCUT2D eigenvalue weighted by atomic mass is 10.3. The molecule has 0 radical (unpaired) electrons. The molecule has 0 fully saturated rings. The minimum absolute atomic E-state index is 0.174. The molecule has 0 amide bonds. The smallest absolute Gasteiger partial charge is 0.329 e. The van der Waals surface area contributed by atoms with Crippen molar-refractivity contribution >= 4 is 132 Å². The Morgan fingerprint density at radius 3 is 1.71 bits per heavy atom. The van der Waals surface area contributed by atoms with Gasteiger partial charge in [0.15, 0.2) is 9.54 Å². The van der Waals surface area contributed by atoms with E-state index in [9.17, 15) is 4.79 Å². The Kier molecular flexibility index (Phi) is 8.68. The van der Waals surface area contributed by atoms with Gasteiger partial charge in [-0.2, -0.15) is 0 Å². The fourth-order valence-electron chi connectivity index (χ4n) is 1.13. The molecule has 0 aromatic heterocycles. The van der Waals surface area contributed by atoms with Gasteiger partial charge in [0.1, 0.15) is 5.38 Å². The van der Waals surface area contributed by atoms with Gasteiger partial charge in [-0.3, -0.25) is 4.79 Å². The summed E-state index contributed by atoms with van der Waals surface area (Å²) in [6, 6.07) is 0. The lowest BCUT2D eigenvalue weighted by Gasteiger charge is -2.17. The van der Waals surface area contributed by atoms with Crippen molar-refractivity contribution in [2.45, 2.75) is 15.6 Å². The van der Waals surface area contributed by atoms with E-state index in [0.717, 1.165) is 4.47 Å². The normalized spacial score (nSPS) is 13.2. The zero-order valence-corrected chi connectivity index (χ0v) is 20.5. The lowest BCUT2D eigenvalue weighted by molar-refractivity contribution is -0.134. The van der Waals surface area contributed by atoms with Gasteiger partial charge in [0, 0.05) is 10.9 Å². The number of ether oxygens (including phenoxy) is 1. The standard InChI is InChI=1S/C10H3Br5Cl4O2/c11-3-4(12)6(14)8(7(15)5(3)13)21-9(20)2(16)1-10(17,18)19/h2H,1H2. The summed E-state index contributed by atoms with van der Waals surface area (Å²) in [4.78, 5) is 12.0. The first-order chi connectivity index (χ1) is 9.45. The van der Waals surface area contributed by atoms with E-state index in [-0.39, 0.29) is 12.2 Å². The number of benzene rings is 1. The summed E-state index contributed by atoms with van der Waals surface area (Å²) >= 11 is 39.5. The molecule has 1 unspecified atom stereocenters. The Bertz CT molecular complexity index is 547. The number of hydrogen-bond donors (Lipinski definition) is 0. The fraction of sp³-hybridized carbons (Fsp3) is 0.300. The molecule has 0 aliphatic rings. The number of halogens is 9. The number of rotatable bonds is 3. The first-order valence-corrected chi connectivity index (χ1v) is 10.4. The molecule has 0 aliphatic carbocycles. The SMILES string of the molecule is O=C(Oc1c(Br)c(Br)c(Br)c(Br)c1Br)C(Cl)CC(Cl)(Cl)Cl. The van der Waals surface area contributed by atoms with Crippen molar-refractivity contribution in [3.63, 3.8) is 0 Å². The predicted octanol–water partition coefficient (Wildman–Crippen LogP) is 7.77. The number of alkyl halides is 4. The van der Waals surface area contributed by atoms with Crippen molar-refractivity contribution in [2.75, 3.05) is 0 Å². The van der Waals surface area contributed by atoms with Crippen molar-refractivity contribution in [3.05, 3.63) is 22.4 Å². The van der Waals surface area contributed by atoms with Gasteiger partial charge in [0.05, 0.1) is 17.9 Å². The maximum Gasteiger partial charge on any atom is 0.329 e. The van der Waals surface area contributed by atoms with Crippen LogP contribution in [0, 0.1) is 0 Å². The van der Waals surface area contributed by atoms with Gasteiger partial charge in [0.2, 0.25) is 0 Å². The van der Waals surface area contributed by atoms with Crippen molar-refractivity contribution < 1.29 is 9.53 Å². The molecule has 0 bridgehead atoms. The second kappa shape index (κ2) is 8.56. The van der Waals surface area contributed by atoms with Crippen LogP contribution in [-0.2, 0) is 4.79 Å². The summed E-state index contributed by atoms with van der Waals surface area (Å²) in [5.74, 6) is -0.484. The van der Waals surface area contributed by atoms with Gasteiger partial charge in [-0.1, -0.05) is 34.8 Å². The molecule has 1 aromatic carbocycles. The number of carbonyl (C=O) groups excluding carboxylic acids is 1. The summed E-state index contributed by atoms with van der Waals surface area (Å²) < 4.78 is 6.75. The van der Waals surface area contributed by atoms with Crippen molar-refractivity contribution in [2.24, 2.45) is 0 Å². The highest BCUT2D eigenvalue weighted by Gasteiger charge is 2.31. The van der Waals surface area contributed by atoms with Crippen molar-refractivity contribution in [1.29, 1.82) is 0 Å². The van der Waals surface area contributed by atoms with E-state index < -0.39 is 15.1 Å². The molecule has 2 nitrogen and oxygen atoms in total. The van der Waals surface area contributed by atoms with Gasteiger partial charge >= 0.3 is 5.97 Å². The van der Waals surface area contributed by atoms with Gasteiger partial charge in [0.25, 0.3) is 0 Å². The second-order valence-corrected chi connectivity index (χ2v) is 10.6. The summed E-state index contributed by atoms with van der Waals surface area (Å²) in [5, 5.41) is -1.10. The third-order valence-corrected chi connectivity index (χ3v) is 8.85. The maximum absolute atomic E-state index is 12.0. The zero-order chi connectivity index (χ0) is 16.5. The second-order valence-electron chi connectivity index (χ2n) is 3.61. The van der Waals surface area contributed by atoms with Crippen LogP contribution in [0.15, 0.2) is 22.4 Å². The maximum atomic E-state index is 12.0. The molecule has 1 aromatic rings. The summed E-state index contributed by atoms with van der Waals surface area (Å²) in [5.41, 5.74) is 0. The first-order valence-electron chi connectivity index (χ1n) is 4.89. The highest BCUT2D eigenvalue weighted by Crippen LogP contribution is 2.48. The van der Waals surface area contributed by atoms with E-state index in [2.05, 4.69) is 79.6 Å². The average Bonchev–Trinajstić information content (AvgIpc) is 2.37. The molecule has 0 heterocycles. The average molecular weight is 696 g/mol. The quantitative estimate of drug-likeness (QED) is 0.106. The highest BCUT2D eigenvalue weighted by molar-refractivity contribution is 9.15. The monoisotopic (exact) mass is 689 g/mol. The molecule has 1 atom stereocenters. The third kappa shape index (κ3) is 5.92. The molecule has 0 saturated carbocycles. The molecule has 21 heavy (non-hydrogen) atoms. The van der Waals surface area contributed by atoms with Crippen LogP contribution in [-0.4, -0.2) is 15.1 Å². The Morgan fingerprint density at radius 2 is 1.33 bits per heavy atom.